The number of ether oxygens (including phenoxy) is 1. The van der Waals surface area contributed by atoms with Crippen molar-refractivity contribution >= 4 is 29.2 Å². The SMILES string of the molecule is CC(C)NC1CCC([C@@H](NC(C)C)C(=O)N2CCN(C3=N[C@@H](c4ccccc4)[C@H](C)O3)C[C@H]2C(=O)NCc2cccs2)CC1. The molecule has 2 aliphatic heterocycles. The van der Waals surface area contributed by atoms with Crippen molar-refractivity contribution < 1.29 is 14.3 Å². The summed E-state index contributed by atoms with van der Waals surface area (Å²) in [4.78, 5) is 38.2. The molecule has 1 aliphatic carbocycles. The van der Waals surface area contributed by atoms with Gasteiger partial charge in [-0.25, -0.2) is 4.99 Å². The Bertz CT molecular complexity index is 1240. The number of amides is 2. The third kappa shape index (κ3) is 8.00. The number of thiophene rings is 1. The highest BCUT2D eigenvalue weighted by Crippen LogP contribution is 2.32. The number of piperazine rings is 1. The molecule has 1 aromatic carbocycles. The van der Waals surface area contributed by atoms with Crippen LogP contribution in [0.3, 0.4) is 0 Å². The maximum atomic E-state index is 14.4. The topological polar surface area (TPSA) is 98.3 Å². The molecule has 44 heavy (non-hydrogen) atoms. The Labute approximate surface area is 266 Å². The van der Waals surface area contributed by atoms with Gasteiger partial charge in [0.05, 0.1) is 19.1 Å². The first kappa shape index (κ1) is 32.4. The average molecular weight is 623 g/mol. The molecule has 3 heterocycles. The van der Waals surface area contributed by atoms with Crippen molar-refractivity contribution in [3.63, 3.8) is 0 Å². The molecule has 9 nitrogen and oxygen atoms in total. The van der Waals surface area contributed by atoms with E-state index in [1.165, 1.54) is 0 Å². The minimum absolute atomic E-state index is 0.0275. The Morgan fingerprint density at radius 3 is 2.41 bits per heavy atom. The lowest BCUT2D eigenvalue weighted by Gasteiger charge is -2.44. The van der Waals surface area contributed by atoms with Crippen LogP contribution in [0.4, 0.5) is 0 Å². The van der Waals surface area contributed by atoms with Gasteiger partial charge in [-0.3, -0.25) is 9.59 Å². The molecule has 4 atom stereocenters. The smallest absolute Gasteiger partial charge is 0.288 e. The lowest BCUT2D eigenvalue weighted by molar-refractivity contribution is -0.146. The number of nitrogens with zero attached hydrogens (tertiary/aromatic N) is 3. The van der Waals surface area contributed by atoms with E-state index in [0.717, 1.165) is 36.1 Å². The van der Waals surface area contributed by atoms with Gasteiger partial charge in [-0.15, -0.1) is 11.3 Å². The summed E-state index contributed by atoms with van der Waals surface area (Å²) < 4.78 is 6.27. The van der Waals surface area contributed by atoms with Crippen LogP contribution in [0.15, 0.2) is 52.8 Å². The van der Waals surface area contributed by atoms with E-state index in [4.69, 9.17) is 9.73 Å². The van der Waals surface area contributed by atoms with Crippen LogP contribution in [0.25, 0.3) is 0 Å². The number of benzene rings is 1. The fraction of sp³-hybridized carbons (Fsp3) is 0.618. The number of nitrogens with one attached hydrogen (secondary N) is 3. The standard InChI is InChI=1S/C34H50N6O3S/c1-22(2)36-27-15-13-26(14-16-27)31(37-23(3)4)33(42)40-18-17-39(21-29(40)32(41)35-20-28-12-9-19-44-28)34-38-30(24(5)43-34)25-10-7-6-8-11-25/h6-12,19,22-24,26-27,29-31,36-37H,13-18,20-21H2,1-5H3,(H,35,41)/t24-,26?,27?,29-,30+,31+/m0/s1. The molecule has 0 spiro atoms. The molecule has 10 heteroatoms. The molecule has 2 fully saturated rings. The Kier molecular flexibility index (Phi) is 11.0. The summed E-state index contributed by atoms with van der Waals surface area (Å²) in [6, 6.07) is 14.8. The zero-order valence-electron chi connectivity index (χ0n) is 26.9. The summed E-state index contributed by atoms with van der Waals surface area (Å²) in [5.74, 6) is 0.119. The first-order valence-electron chi connectivity index (χ1n) is 16.4. The Hall–Kier alpha value is -2.95. The van der Waals surface area contributed by atoms with E-state index < -0.39 is 6.04 Å². The molecule has 5 rings (SSSR count). The number of rotatable bonds is 10. The predicted molar refractivity (Wildman–Crippen MR) is 176 cm³/mol. The molecule has 0 bridgehead atoms. The highest BCUT2D eigenvalue weighted by Gasteiger charge is 2.43. The van der Waals surface area contributed by atoms with Gasteiger partial charge in [-0.05, 0) is 55.5 Å². The highest BCUT2D eigenvalue weighted by molar-refractivity contribution is 7.09. The number of aliphatic imine (C=N–C) groups is 1. The predicted octanol–water partition coefficient (Wildman–Crippen LogP) is 4.32. The average Bonchev–Trinajstić information content (AvgIpc) is 3.68. The summed E-state index contributed by atoms with van der Waals surface area (Å²) in [7, 11) is 0. The van der Waals surface area contributed by atoms with E-state index in [2.05, 4.69) is 55.8 Å². The van der Waals surface area contributed by atoms with Crippen LogP contribution >= 0.6 is 11.3 Å². The molecule has 1 saturated heterocycles. The van der Waals surface area contributed by atoms with Gasteiger partial charge in [0.15, 0.2) is 0 Å². The molecule has 1 aromatic heterocycles. The minimum atomic E-state index is -0.649. The zero-order chi connectivity index (χ0) is 31.2. The maximum absolute atomic E-state index is 14.4. The van der Waals surface area contributed by atoms with Crippen molar-refractivity contribution in [2.45, 2.75) is 109 Å². The van der Waals surface area contributed by atoms with E-state index in [1.807, 2.05) is 52.4 Å². The first-order chi connectivity index (χ1) is 21.2. The highest BCUT2D eigenvalue weighted by atomic mass is 32.1. The van der Waals surface area contributed by atoms with E-state index in [0.29, 0.717) is 44.3 Å². The summed E-state index contributed by atoms with van der Waals surface area (Å²) in [6.07, 6.45) is 3.97. The monoisotopic (exact) mass is 622 g/mol. The first-order valence-corrected chi connectivity index (χ1v) is 17.2. The summed E-state index contributed by atoms with van der Waals surface area (Å²) in [5, 5.41) is 12.4. The third-order valence-corrected chi connectivity index (χ3v) is 9.85. The van der Waals surface area contributed by atoms with Crippen molar-refractivity contribution in [2.24, 2.45) is 10.9 Å². The van der Waals surface area contributed by atoms with Crippen molar-refractivity contribution in [3.8, 4) is 0 Å². The van der Waals surface area contributed by atoms with E-state index in [-0.39, 0.29) is 42.0 Å². The minimum Gasteiger partial charge on any atom is -0.459 e. The Balaban J connectivity index is 1.34. The quantitative estimate of drug-likeness (QED) is 0.365. The van der Waals surface area contributed by atoms with Gasteiger partial charge in [-0.1, -0.05) is 64.1 Å². The summed E-state index contributed by atoms with van der Waals surface area (Å²) in [5.41, 5.74) is 1.11. The number of hydrogen-bond donors (Lipinski definition) is 3. The van der Waals surface area contributed by atoms with Gasteiger partial charge >= 0.3 is 0 Å². The van der Waals surface area contributed by atoms with E-state index in [1.54, 1.807) is 11.3 Å². The lowest BCUT2D eigenvalue weighted by atomic mass is 9.80. The molecular formula is C34H50N6O3S. The van der Waals surface area contributed by atoms with Crippen LogP contribution in [0.2, 0.25) is 0 Å². The molecule has 3 N–H and O–H groups in total. The van der Waals surface area contributed by atoms with Gasteiger partial charge in [-0.2, -0.15) is 0 Å². The summed E-state index contributed by atoms with van der Waals surface area (Å²) >= 11 is 1.61. The maximum Gasteiger partial charge on any atom is 0.288 e. The van der Waals surface area contributed by atoms with Gasteiger partial charge < -0.3 is 30.5 Å². The second kappa shape index (κ2) is 14.9. The molecule has 2 amide bonds. The molecule has 0 radical (unpaired) electrons. The number of hydrogen-bond acceptors (Lipinski definition) is 8. The lowest BCUT2D eigenvalue weighted by Crippen LogP contribution is -2.65. The van der Waals surface area contributed by atoms with Crippen LogP contribution in [-0.2, 0) is 20.9 Å². The molecular weight excluding hydrogens is 572 g/mol. The van der Waals surface area contributed by atoms with Crippen LogP contribution in [0.1, 0.15) is 76.8 Å². The summed E-state index contributed by atoms with van der Waals surface area (Å²) in [6.45, 7) is 12.4. The van der Waals surface area contributed by atoms with Gasteiger partial charge in [0.25, 0.3) is 6.02 Å². The van der Waals surface area contributed by atoms with Crippen molar-refractivity contribution in [3.05, 3.63) is 58.3 Å². The van der Waals surface area contributed by atoms with Gasteiger partial charge in [0.1, 0.15) is 18.2 Å². The number of amidine groups is 1. The second-order valence-corrected chi connectivity index (χ2v) is 14.1. The fourth-order valence-electron chi connectivity index (χ4n) is 6.82. The largest absolute Gasteiger partial charge is 0.459 e. The Morgan fingerprint density at radius 1 is 1.00 bits per heavy atom. The van der Waals surface area contributed by atoms with Crippen LogP contribution in [0.5, 0.6) is 0 Å². The second-order valence-electron chi connectivity index (χ2n) is 13.1. The third-order valence-electron chi connectivity index (χ3n) is 8.97. The van der Waals surface area contributed by atoms with Gasteiger partial charge in [0.2, 0.25) is 11.8 Å². The van der Waals surface area contributed by atoms with Crippen molar-refractivity contribution in [2.75, 3.05) is 19.6 Å². The molecule has 1 saturated carbocycles. The normalized spacial score (nSPS) is 26.4. The fourth-order valence-corrected chi connectivity index (χ4v) is 7.47. The molecule has 2 aromatic rings. The Morgan fingerprint density at radius 2 is 1.75 bits per heavy atom. The molecule has 0 unspecified atom stereocenters. The van der Waals surface area contributed by atoms with Crippen molar-refractivity contribution in [1.82, 2.24) is 25.8 Å². The van der Waals surface area contributed by atoms with Crippen molar-refractivity contribution in [1.29, 1.82) is 0 Å². The molecule has 3 aliphatic rings. The van der Waals surface area contributed by atoms with Crippen LogP contribution < -0.4 is 16.0 Å². The van der Waals surface area contributed by atoms with E-state index >= 15 is 0 Å². The number of carbonyl (C=O) groups is 2. The van der Waals surface area contributed by atoms with Crippen LogP contribution in [0, 0.1) is 5.92 Å². The van der Waals surface area contributed by atoms with Crippen LogP contribution in [-0.4, -0.2) is 83.6 Å². The number of carbonyl (C=O) groups excluding carboxylic acids is 2. The van der Waals surface area contributed by atoms with E-state index in [9.17, 15) is 9.59 Å². The van der Waals surface area contributed by atoms with Gasteiger partial charge in [0, 0.05) is 36.1 Å². The zero-order valence-corrected chi connectivity index (χ0v) is 27.7. The molecule has 240 valence electrons.